The molecule has 3 saturated heterocycles. The first-order chi connectivity index (χ1) is 60.9. The summed E-state index contributed by atoms with van der Waals surface area (Å²) in [6.07, 6.45) is -3.36. The second-order valence-corrected chi connectivity index (χ2v) is 38.1. The first-order valence-corrected chi connectivity index (χ1v) is 47.1. The number of fused-ring (bicyclic) bond motifs is 3. The van der Waals surface area contributed by atoms with Crippen LogP contribution < -0.4 is 47.7 Å². The third-order valence-corrected chi connectivity index (χ3v) is 28.0. The van der Waals surface area contributed by atoms with Crippen molar-refractivity contribution in [1.82, 2.24) is 69.3 Å². The lowest BCUT2D eigenvalue weighted by Crippen LogP contribution is -2.52. The standard InChI is InChI=1S/C31H50N7O9P.C26H39N6O9P.C23H34N7O9P/c1-8-21(9-2)14-44-28(40)19(5)36-48(43,37-20(6)29(41)45-15-22(10-3)11-4)46-16-24-26(39)30(7,42)31(17-32,47-24)25-13-12-23-27(33)34-18-35-38(23)25;1-14(2)39-23(34)16(5)30-42(37,31-17(6)24(35)40-15(3)4)38-12-20-22(33)25(7,36)26(13-27,41-20)21-9-8-19-18(28)10-11-29-32(19)21;1-6-36-20(32)13(3)28-40(35,29-14(4)21(33)37-7-2)38-10-16-18(31)22(5,34)23(11-24,39-16)17-9-8-15-19(25)26-12-27-30(15)17/h12-13,18-22,24,26,39,42H,8-11,14-16H2,1-7H3,(H2,33,34,35)(H2,36,37,43);8-11,14-17,20,22,33,36H,12,28H2,1-7H3,(H2,30,31,37);8-9,12-14,16,18,31,34H,6-7,10H2,1-5H3,(H2,25,26,27)(H2,28,29,35)/t19-,20-,24+,26+,30+,31-;16-,17-,20+,22+,25+,26-;13-,14-,16+,18+,22+,23-/m000/s1. The van der Waals surface area contributed by atoms with Crippen LogP contribution in [0.15, 0.2) is 61.3 Å². The van der Waals surface area contributed by atoms with Crippen molar-refractivity contribution in [2.45, 2.75) is 276 Å². The summed E-state index contributed by atoms with van der Waals surface area (Å²) in [4.78, 5) is 82.8. The van der Waals surface area contributed by atoms with Gasteiger partial charge in [-0.15, -0.1) is 0 Å². The van der Waals surface area contributed by atoms with E-state index in [1.807, 2.05) is 45.9 Å². The molecule has 3 aliphatic rings. The number of nitrogens with two attached hydrogens (primary N) is 3. The number of aromatic nitrogens is 8. The summed E-state index contributed by atoms with van der Waals surface area (Å²) in [7, 11) is -12.9. The number of nitrogens with zero attached hydrogens (tertiary/aromatic N) is 11. The van der Waals surface area contributed by atoms with Crippen molar-refractivity contribution in [3.05, 3.63) is 78.4 Å². The zero-order valence-electron chi connectivity index (χ0n) is 76.0. The minimum Gasteiger partial charge on any atom is -0.465 e. The van der Waals surface area contributed by atoms with E-state index in [0.717, 1.165) is 32.0 Å². The Hall–Kier alpha value is -9.41. The summed E-state index contributed by atoms with van der Waals surface area (Å²) in [5.74, 6) is -3.79. The van der Waals surface area contributed by atoms with Gasteiger partial charge < -0.3 is 104 Å². The van der Waals surface area contributed by atoms with E-state index in [9.17, 15) is 88.9 Å². The van der Waals surface area contributed by atoms with E-state index in [4.69, 9.17) is 73.4 Å². The molecular formula is C80H123N20O27P3. The van der Waals surface area contributed by atoms with Crippen molar-refractivity contribution in [1.29, 1.82) is 15.8 Å². The molecule has 18 atom stereocenters. The lowest BCUT2D eigenvalue weighted by Gasteiger charge is -2.33. The fraction of sp³-hybridized carbons (Fsp3) is 0.650. The number of nitrogen functional groups attached to an aromatic ring is 3. The number of hydrogen-bond donors (Lipinski definition) is 15. The third-order valence-electron chi connectivity index (χ3n) is 22.1. The van der Waals surface area contributed by atoms with Gasteiger partial charge in [0.2, 0.25) is 16.8 Å². The Bertz CT molecular complexity index is 5100. The molecule has 9 heterocycles. The average Bonchev–Trinajstić information content (AvgIpc) is 1.56. The van der Waals surface area contributed by atoms with Crippen LogP contribution in [0.1, 0.15) is 174 Å². The summed E-state index contributed by atoms with van der Waals surface area (Å²) in [6.45, 7) is 28.3. The second-order valence-electron chi connectivity index (χ2n) is 32.5. The van der Waals surface area contributed by atoms with Crippen LogP contribution in [0.4, 0.5) is 17.3 Å². The van der Waals surface area contributed by atoms with E-state index in [-0.39, 0.29) is 67.0 Å². The second kappa shape index (κ2) is 44.9. The van der Waals surface area contributed by atoms with Crippen LogP contribution in [-0.4, -0.2) is 253 Å². The molecule has 3 aliphatic heterocycles. The maximum Gasteiger partial charge on any atom is 0.342 e. The molecule has 130 heavy (non-hydrogen) atoms. The quantitative estimate of drug-likeness (QED) is 0.0148. The van der Waals surface area contributed by atoms with Gasteiger partial charge >= 0.3 is 58.8 Å². The fourth-order valence-corrected chi connectivity index (χ4v) is 19.7. The minimum atomic E-state index is -4.34. The molecule has 0 aromatic carbocycles. The zero-order chi connectivity index (χ0) is 97.4. The molecular weight excluding hydrogens is 1770 g/mol. The smallest absolute Gasteiger partial charge is 0.342 e. The first kappa shape index (κ1) is 108. The number of aliphatic hydroxyl groups excluding tert-OH is 3. The van der Waals surface area contributed by atoms with Gasteiger partial charge in [0, 0.05) is 6.20 Å². The fourth-order valence-electron chi connectivity index (χ4n) is 14.2. The molecule has 18 N–H and O–H groups in total. The highest BCUT2D eigenvalue weighted by Gasteiger charge is 2.69. The molecule has 47 nitrogen and oxygen atoms in total. The summed E-state index contributed by atoms with van der Waals surface area (Å²) < 4.78 is 112. The van der Waals surface area contributed by atoms with Crippen LogP contribution in [0.2, 0.25) is 0 Å². The third kappa shape index (κ3) is 23.8. The zero-order valence-corrected chi connectivity index (χ0v) is 78.7. The molecule has 9 rings (SSSR count). The van der Waals surface area contributed by atoms with Gasteiger partial charge in [0.25, 0.3) is 0 Å². The first-order valence-electron chi connectivity index (χ1n) is 42.2. The number of rotatable bonds is 42. The van der Waals surface area contributed by atoms with E-state index >= 15 is 0 Å². The van der Waals surface area contributed by atoms with Crippen LogP contribution >= 0.6 is 23.0 Å². The molecule has 0 bridgehead atoms. The van der Waals surface area contributed by atoms with Crippen molar-refractivity contribution in [2.24, 2.45) is 11.8 Å². The van der Waals surface area contributed by atoms with E-state index in [2.05, 4.69) is 55.8 Å². The summed E-state index contributed by atoms with van der Waals surface area (Å²) >= 11 is 0. The molecule has 0 saturated carbocycles. The summed E-state index contributed by atoms with van der Waals surface area (Å²) in [5.41, 5.74) is 6.37. The predicted molar refractivity (Wildman–Crippen MR) is 463 cm³/mol. The highest BCUT2D eigenvalue weighted by molar-refractivity contribution is 7.55. The minimum absolute atomic E-state index is 0.0527. The van der Waals surface area contributed by atoms with Crippen LogP contribution in [-0.2, 0) is 115 Å². The van der Waals surface area contributed by atoms with Gasteiger partial charge in [0.1, 0.15) is 132 Å². The monoisotopic (exact) mass is 1890 g/mol. The lowest BCUT2D eigenvalue weighted by atomic mass is 9.80. The van der Waals surface area contributed by atoms with Crippen LogP contribution in [0, 0.1) is 45.8 Å². The van der Waals surface area contributed by atoms with E-state index in [1.165, 1.54) is 119 Å². The van der Waals surface area contributed by atoms with Gasteiger partial charge in [0.15, 0.2) is 11.6 Å². The Kier molecular flexibility index (Phi) is 37.2. The highest BCUT2D eigenvalue weighted by Crippen LogP contribution is 2.53. The SMILES string of the molecule is CC(C)OC(=O)[C@H](C)NP(=O)(N[C@@H](C)C(=O)OC(C)C)OC[C@H]1O[C@@](C#N)(c2ccc3c(N)ccnn23)[C@](C)(O)[C@@H]1O.CCC(CC)COC(=O)[C@H](C)NP(=O)(N[C@@H](C)C(=O)OCC(CC)CC)OC[C@H]1O[C@@](C#N)(c2ccc3c(N)ncnn23)[C@](C)(O)[C@@H]1O.CCOC(=O)[C@H](C)NP(=O)(N[C@@H](C)C(=O)OCC)OC[C@H]1O[C@@](C#N)(c2ccc3c(N)ncnn23)[C@](C)(O)[C@@H]1O. The molecule has 0 unspecified atom stereocenters. The summed E-state index contributed by atoms with van der Waals surface area (Å²) in [5, 5.41) is 126. The number of anilines is 3. The number of nitriles is 3. The topological polar surface area (TPSA) is 685 Å². The molecule has 0 spiro atoms. The van der Waals surface area contributed by atoms with Crippen molar-refractivity contribution >= 4 is 92.7 Å². The number of ether oxygens (including phenoxy) is 9. The normalized spacial score (nSPS) is 25.3. The number of carbonyl (C=O) groups excluding carboxylic acids is 6. The number of carbonyl (C=O) groups is 6. The molecule has 6 aromatic heterocycles. The van der Waals surface area contributed by atoms with Gasteiger partial charge in [-0.3, -0.25) is 42.5 Å². The van der Waals surface area contributed by atoms with Gasteiger partial charge in [-0.1, -0.05) is 53.4 Å². The van der Waals surface area contributed by atoms with Crippen molar-refractivity contribution < 1.29 is 129 Å². The Labute approximate surface area is 751 Å². The Morgan fingerprint density at radius 3 is 0.977 bits per heavy atom. The molecule has 50 heteroatoms. The molecule has 0 radical (unpaired) electrons. The molecule has 6 aromatic rings. The number of nitrogens with one attached hydrogen (secondary N) is 6. The van der Waals surface area contributed by atoms with Gasteiger partial charge in [0.05, 0.1) is 86.7 Å². The predicted octanol–water partition coefficient (Wildman–Crippen LogP) is 3.46. The maximum atomic E-state index is 14.3. The maximum absolute atomic E-state index is 14.3. The van der Waals surface area contributed by atoms with Gasteiger partial charge in [-0.2, -0.15) is 31.1 Å². The Morgan fingerprint density at radius 1 is 0.438 bits per heavy atom. The average molecular weight is 1890 g/mol. The number of hydrogen-bond acceptors (Lipinski definition) is 38. The van der Waals surface area contributed by atoms with E-state index < -0.39 is 197 Å². The van der Waals surface area contributed by atoms with Gasteiger partial charge in [-0.05, 0) is 158 Å². The number of esters is 6. The Morgan fingerprint density at radius 2 is 0.708 bits per heavy atom. The van der Waals surface area contributed by atoms with Crippen molar-refractivity contribution in [2.75, 3.05) is 63.4 Å². The molecule has 0 aliphatic carbocycles. The van der Waals surface area contributed by atoms with Gasteiger partial charge in [-0.25, -0.2) is 54.0 Å². The van der Waals surface area contributed by atoms with Crippen LogP contribution in [0.3, 0.4) is 0 Å². The number of aliphatic hydroxyl groups is 6. The lowest BCUT2D eigenvalue weighted by molar-refractivity contribution is -0.149. The van der Waals surface area contributed by atoms with Crippen molar-refractivity contribution in [3.8, 4) is 18.2 Å². The summed E-state index contributed by atoms with van der Waals surface area (Å²) in [6, 6.07) is 9.57. The van der Waals surface area contributed by atoms with Crippen LogP contribution in [0.5, 0.6) is 0 Å². The Balaban J connectivity index is 0.000000268. The van der Waals surface area contributed by atoms with Crippen molar-refractivity contribution in [3.63, 3.8) is 0 Å². The molecule has 0 amide bonds. The molecule has 3 fully saturated rings. The van der Waals surface area contributed by atoms with E-state index in [1.54, 1.807) is 53.7 Å². The highest BCUT2D eigenvalue weighted by atomic mass is 31.2. The largest absolute Gasteiger partial charge is 0.465 e. The molecule has 720 valence electrons. The van der Waals surface area contributed by atoms with E-state index in [0.29, 0.717) is 22.2 Å². The van der Waals surface area contributed by atoms with Crippen LogP contribution in [0.25, 0.3) is 16.6 Å².